The predicted molar refractivity (Wildman–Crippen MR) is 90.6 cm³/mol. The zero-order valence-corrected chi connectivity index (χ0v) is 14.4. The summed E-state index contributed by atoms with van der Waals surface area (Å²) in [4.78, 5) is 12.4. The summed E-state index contributed by atoms with van der Waals surface area (Å²) in [5, 5.41) is 18.9. The van der Waals surface area contributed by atoms with Gasteiger partial charge in [-0.15, -0.1) is 11.8 Å². The number of carboxylic acid groups (broad SMARTS) is 1. The highest BCUT2D eigenvalue weighted by Gasteiger charge is 2.27. The predicted octanol–water partition coefficient (Wildman–Crippen LogP) is 4.67. The average molecular weight is 322 g/mol. The van der Waals surface area contributed by atoms with E-state index in [4.69, 9.17) is 0 Å². The van der Waals surface area contributed by atoms with Crippen LogP contribution in [0.1, 0.15) is 52.0 Å². The fourth-order valence-corrected chi connectivity index (χ4v) is 4.51. The lowest BCUT2D eigenvalue weighted by atomic mass is 9.82. The second-order valence-corrected chi connectivity index (χ2v) is 8.37. The van der Waals surface area contributed by atoms with Crippen LogP contribution in [-0.4, -0.2) is 21.9 Å². The van der Waals surface area contributed by atoms with Gasteiger partial charge in [0.25, 0.3) is 0 Å². The molecule has 1 aliphatic carbocycles. The minimum absolute atomic E-state index is 0.0166. The Bertz CT molecular complexity index is 534. The standard InChI is InChI=1S/C18H26O3S/c1-18(2,3)15-10-14(19)7-8-16(15)22-11-12-5-4-6-13(9-12)17(20)21/h7-8,10,12-13,19H,4-6,9,11H2,1-3H3,(H,20,21). The number of carbonyl (C=O) groups is 1. The third-order valence-corrected chi connectivity index (χ3v) is 5.68. The van der Waals surface area contributed by atoms with Crippen LogP contribution in [-0.2, 0) is 10.2 Å². The van der Waals surface area contributed by atoms with Crippen LogP contribution in [0.4, 0.5) is 0 Å². The first kappa shape index (κ1) is 17.2. The Kier molecular flexibility index (Phi) is 5.43. The molecule has 1 aromatic rings. The quantitative estimate of drug-likeness (QED) is 0.791. The molecule has 0 spiro atoms. The van der Waals surface area contributed by atoms with Gasteiger partial charge in [0.2, 0.25) is 0 Å². The number of phenolic OH excluding ortho intramolecular Hbond substituents is 1. The first-order valence-corrected chi connectivity index (χ1v) is 8.95. The number of hydrogen-bond acceptors (Lipinski definition) is 3. The van der Waals surface area contributed by atoms with Crippen molar-refractivity contribution in [2.45, 2.75) is 56.8 Å². The summed E-state index contributed by atoms with van der Waals surface area (Å²) in [6.07, 6.45) is 3.76. The Hall–Kier alpha value is -1.16. The van der Waals surface area contributed by atoms with Gasteiger partial charge in [-0.3, -0.25) is 4.79 Å². The zero-order valence-electron chi connectivity index (χ0n) is 13.6. The smallest absolute Gasteiger partial charge is 0.306 e. The van der Waals surface area contributed by atoms with Gasteiger partial charge in [-0.05, 0) is 54.4 Å². The maximum absolute atomic E-state index is 11.2. The highest BCUT2D eigenvalue weighted by Crippen LogP contribution is 2.38. The minimum Gasteiger partial charge on any atom is -0.508 e. The molecule has 0 aliphatic heterocycles. The van der Waals surface area contributed by atoms with Gasteiger partial charge < -0.3 is 10.2 Å². The second-order valence-electron chi connectivity index (χ2n) is 7.31. The number of carboxylic acids is 1. The van der Waals surface area contributed by atoms with Crippen molar-refractivity contribution in [3.8, 4) is 5.75 Å². The minimum atomic E-state index is -0.644. The lowest BCUT2D eigenvalue weighted by molar-refractivity contribution is -0.143. The van der Waals surface area contributed by atoms with Crippen LogP contribution in [0.3, 0.4) is 0 Å². The van der Waals surface area contributed by atoms with E-state index in [9.17, 15) is 15.0 Å². The maximum Gasteiger partial charge on any atom is 0.306 e. The highest BCUT2D eigenvalue weighted by molar-refractivity contribution is 7.99. The molecule has 1 saturated carbocycles. The summed E-state index contributed by atoms with van der Waals surface area (Å²) in [5.41, 5.74) is 1.14. The molecule has 2 rings (SSSR count). The van der Waals surface area contributed by atoms with E-state index in [-0.39, 0.29) is 11.3 Å². The molecule has 0 radical (unpaired) electrons. The van der Waals surface area contributed by atoms with Crippen LogP contribution < -0.4 is 0 Å². The van der Waals surface area contributed by atoms with E-state index in [0.717, 1.165) is 37.0 Å². The van der Waals surface area contributed by atoms with Crippen LogP contribution in [0, 0.1) is 11.8 Å². The van der Waals surface area contributed by atoms with Gasteiger partial charge in [0.15, 0.2) is 0 Å². The summed E-state index contributed by atoms with van der Waals surface area (Å²) in [6.45, 7) is 6.44. The molecule has 2 atom stereocenters. The molecule has 2 unspecified atom stereocenters. The molecule has 1 aliphatic rings. The number of aliphatic carboxylic acids is 1. The van der Waals surface area contributed by atoms with E-state index in [2.05, 4.69) is 20.8 Å². The lowest BCUT2D eigenvalue weighted by Crippen LogP contribution is -2.23. The van der Waals surface area contributed by atoms with Gasteiger partial charge in [-0.2, -0.15) is 0 Å². The van der Waals surface area contributed by atoms with Crippen molar-refractivity contribution >= 4 is 17.7 Å². The van der Waals surface area contributed by atoms with Gasteiger partial charge in [-0.1, -0.05) is 27.2 Å². The number of thioether (sulfide) groups is 1. The van der Waals surface area contributed by atoms with Crippen LogP contribution >= 0.6 is 11.8 Å². The Morgan fingerprint density at radius 3 is 2.68 bits per heavy atom. The maximum atomic E-state index is 11.2. The van der Waals surface area contributed by atoms with Crippen molar-refractivity contribution in [3.63, 3.8) is 0 Å². The van der Waals surface area contributed by atoms with Crippen LogP contribution in [0.15, 0.2) is 23.1 Å². The van der Waals surface area contributed by atoms with Gasteiger partial charge in [0.1, 0.15) is 5.75 Å². The summed E-state index contributed by atoms with van der Waals surface area (Å²) >= 11 is 1.80. The largest absolute Gasteiger partial charge is 0.508 e. The normalized spacial score (nSPS) is 22.5. The van der Waals surface area contributed by atoms with Gasteiger partial charge in [0.05, 0.1) is 5.92 Å². The van der Waals surface area contributed by atoms with Gasteiger partial charge >= 0.3 is 5.97 Å². The van der Waals surface area contributed by atoms with E-state index >= 15 is 0 Å². The molecule has 2 N–H and O–H groups in total. The zero-order chi connectivity index (χ0) is 16.3. The van der Waals surface area contributed by atoms with Crippen LogP contribution in [0.25, 0.3) is 0 Å². The van der Waals surface area contributed by atoms with Crippen molar-refractivity contribution < 1.29 is 15.0 Å². The van der Waals surface area contributed by atoms with Crippen molar-refractivity contribution in [2.75, 3.05) is 5.75 Å². The third kappa shape index (κ3) is 4.42. The van der Waals surface area contributed by atoms with E-state index in [1.54, 1.807) is 17.8 Å². The Morgan fingerprint density at radius 2 is 2.05 bits per heavy atom. The number of phenols is 1. The highest BCUT2D eigenvalue weighted by atomic mass is 32.2. The first-order valence-electron chi connectivity index (χ1n) is 7.96. The van der Waals surface area contributed by atoms with Crippen molar-refractivity contribution in [1.29, 1.82) is 0 Å². The van der Waals surface area contributed by atoms with E-state index in [1.807, 2.05) is 12.1 Å². The summed E-state index contributed by atoms with van der Waals surface area (Å²) in [7, 11) is 0. The third-order valence-electron chi connectivity index (χ3n) is 4.38. The molecule has 1 aromatic carbocycles. The second kappa shape index (κ2) is 6.95. The van der Waals surface area contributed by atoms with Crippen molar-refractivity contribution in [1.82, 2.24) is 0 Å². The van der Waals surface area contributed by atoms with E-state index in [0.29, 0.717) is 11.7 Å². The average Bonchev–Trinajstić information content (AvgIpc) is 2.45. The van der Waals surface area contributed by atoms with E-state index < -0.39 is 5.97 Å². The summed E-state index contributed by atoms with van der Waals surface area (Å²) < 4.78 is 0. The number of aromatic hydroxyl groups is 1. The molecule has 0 saturated heterocycles. The Labute approximate surface area is 137 Å². The van der Waals surface area contributed by atoms with Crippen molar-refractivity contribution in [3.05, 3.63) is 23.8 Å². The van der Waals surface area contributed by atoms with Crippen LogP contribution in [0.5, 0.6) is 5.75 Å². The molecular formula is C18H26O3S. The lowest BCUT2D eigenvalue weighted by Gasteiger charge is -2.27. The molecular weight excluding hydrogens is 296 g/mol. The summed E-state index contributed by atoms with van der Waals surface area (Å²) in [5.74, 6) is 0.924. The number of benzene rings is 1. The molecule has 22 heavy (non-hydrogen) atoms. The molecule has 0 amide bonds. The first-order chi connectivity index (χ1) is 10.3. The van der Waals surface area contributed by atoms with Crippen LogP contribution in [0.2, 0.25) is 0 Å². The molecule has 122 valence electrons. The molecule has 3 nitrogen and oxygen atoms in total. The van der Waals surface area contributed by atoms with Gasteiger partial charge in [0, 0.05) is 10.6 Å². The molecule has 0 heterocycles. The monoisotopic (exact) mass is 322 g/mol. The SMILES string of the molecule is CC(C)(C)c1cc(O)ccc1SCC1CCCC(C(=O)O)C1. The number of hydrogen-bond donors (Lipinski definition) is 2. The van der Waals surface area contributed by atoms with Crippen molar-refractivity contribution in [2.24, 2.45) is 11.8 Å². The molecule has 1 fully saturated rings. The van der Waals surface area contributed by atoms with Gasteiger partial charge in [-0.25, -0.2) is 0 Å². The molecule has 4 heteroatoms. The van der Waals surface area contributed by atoms with E-state index in [1.165, 1.54) is 4.90 Å². The topological polar surface area (TPSA) is 57.5 Å². The fraction of sp³-hybridized carbons (Fsp3) is 0.611. The Balaban J connectivity index is 2.04. The molecule has 0 aromatic heterocycles. The fourth-order valence-electron chi connectivity index (χ4n) is 3.10. The summed E-state index contributed by atoms with van der Waals surface area (Å²) in [6, 6.07) is 5.57. The number of rotatable bonds is 4. The molecule has 0 bridgehead atoms. The Morgan fingerprint density at radius 1 is 1.32 bits per heavy atom.